The monoisotopic (exact) mass is 190 g/mol. The van der Waals surface area contributed by atoms with Gasteiger partial charge in [-0.15, -0.1) is 10.2 Å². The van der Waals surface area contributed by atoms with Crippen LogP contribution in [0.2, 0.25) is 0 Å². The van der Waals surface area contributed by atoms with E-state index >= 15 is 0 Å². The summed E-state index contributed by atoms with van der Waals surface area (Å²) < 4.78 is 5.43. The first-order chi connectivity index (χ1) is 6.77. The minimum atomic E-state index is 0.237. The van der Waals surface area contributed by atoms with Crippen LogP contribution in [0.5, 0.6) is 0 Å². The Morgan fingerprint density at radius 1 is 1.14 bits per heavy atom. The van der Waals surface area contributed by atoms with Gasteiger partial charge in [0.05, 0.1) is 5.56 Å². The van der Waals surface area contributed by atoms with Crippen LogP contribution in [0, 0.1) is 0 Å². The van der Waals surface area contributed by atoms with E-state index < -0.39 is 0 Å². The van der Waals surface area contributed by atoms with E-state index in [0.717, 1.165) is 5.56 Å². The highest BCUT2D eigenvalue weighted by atomic mass is 16.4. The highest BCUT2D eigenvalue weighted by Gasteiger charge is 2.10. The van der Waals surface area contributed by atoms with Gasteiger partial charge in [-0.2, -0.15) is 0 Å². The largest absolute Gasteiger partial charge is 0.420 e. The Hall–Kier alpha value is -1.78. The van der Waals surface area contributed by atoms with E-state index in [4.69, 9.17) is 4.42 Å². The van der Waals surface area contributed by atoms with Gasteiger partial charge in [0.2, 0.25) is 5.89 Å². The van der Waals surface area contributed by atoms with Gasteiger partial charge in [0.1, 0.15) is 6.33 Å². The molecule has 0 atom stereocenters. The Balaban J connectivity index is 2.34. The van der Waals surface area contributed by atoms with Crippen LogP contribution < -0.4 is 0 Å². The lowest BCUT2D eigenvalue weighted by atomic mass is 10.2. The third-order valence-electron chi connectivity index (χ3n) is 1.74. The highest BCUT2D eigenvalue weighted by Crippen LogP contribution is 2.19. The fourth-order valence-electron chi connectivity index (χ4n) is 0.994. The van der Waals surface area contributed by atoms with Crippen molar-refractivity contribution in [3.05, 3.63) is 24.6 Å². The lowest BCUT2D eigenvalue weighted by molar-refractivity contribution is 0.480. The summed E-state index contributed by atoms with van der Waals surface area (Å²) in [5.74, 6) is 1.33. The summed E-state index contributed by atoms with van der Waals surface area (Å²) in [5.41, 5.74) is 0.743. The standard InChI is InChI=1S/C9H10N4O/c1-6(2)8-12-13-9(14-8)7-3-10-5-11-4-7/h3-6H,1-2H3. The van der Waals surface area contributed by atoms with Crippen molar-refractivity contribution in [1.82, 2.24) is 20.2 Å². The summed E-state index contributed by atoms with van der Waals surface area (Å²) >= 11 is 0. The van der Waals surface area contributed by atoms with Crippen LogP contribution in [0.25, 0.3) is 11.5 Å². The van der Waals surface area contributed by atoms with Gasteiger partial charge in [-0.05, 0) is 0 Å². The molecule has 5 heteroatoms. The SMILES string of the molecule is CC(C)c1nnc(-c2cncnc2)o1. The maximum absolute atomic E-state index is 5.43. The van der Waals surface area contributed by atoms with Crippen molar-refractivity contribution in [1.29, 1.82) is 0 Å². The Kier molecular flexibility index (Phi) is 2.22. The smallest absolute Gasteiger partial charge is 0.250 e. The molecular weight excluding hydrogens is 180 g/mol. The Bertz CT molecular complexity index is 410. The van der Waals surface area contributed by atoms with Gasteiger partial charge in [-0.25, -0.2) is 9.97 Å². The molecule has 2 aromatic rings. The lowest BCUT2D eigenvalue weighted by Crippen LogP contribution is -1.85. The number of rotatable bonds is 2. The minimum absolute atomic E-state index is 0.237. The molecule has 0 aliphatic carbocycles. The Morgan fingerprint density at radius 2 is 1.86 bits per heavy atom. The van der Waals surface area contributed by atoms with E-state index in [1.807, 2.05) is 13.8 Å². The van der Waals surface area contributed by atoms with Gasteiger partial charge in [0.25, 0.3) is 5.89 Å². The number of hydrogen-bond acceptors (Lipinski definition) is 5. The zero-order chi connectivity index (χ0) is 9.97. The van der Waals surface area contributed by atoms with Gasteiger partial charge in [0.15, 0.2) is 0 Å². The molecule has 2 heterocycles. The predicted molar refractivity (Wildman–Crippen MR) is 49.4 cm³/mol. The van der Waals surface area contributed by atoms with Gasteiger partial charge >= 0.3 is 0 Å². The summed E-state index contributed by atoms with van der Waals surface area (Å²) in [4.78, 5) is 7.75. The van der Waals surface area contributed by atoms with E-state index in [0.29, 0.717) is 11.8 Å². The van der Waals surface area contributed by atoms with Gasteiger partial charge in [-0.1, -0.05) is 13.8 Å². The molecule has 0 saturated carbocycles. The van der Waals surface area contributed by atoms with E-state index in [1.54, 1.807) is 12.4 Å². The molecule has 0 aliphatic rings. The summed E-state index contributed by atoms with van der Waals surface area (Å²) in [6.07, 6.45) is 4.75. The molecule has 0 fully saturated rings. The van der Waals surface area contributed by atoms with E-state index in [9.17, 15) is 0 Å². The van der Waals surface area contributed by atoms with E-state index in [-0.39, 0.29) is 5.92 Å². The van der Waals surface area contributed by atoms with Crippen molar-refractivity contribution in [2.45, 2.75) is 19.8 Å². The van der Waals surface area contributed by atoms with Crippen molar-refractivity contribution < 1.29 is 4.42 Å². The van der Waals surface area contributed by atoms with Crippen LogP contribution in [0.3, 0.4) is 0 Å². The number of aromatic nitrogens is 4. The summed E-state index contributed by atoms with van der Waals surface area (Å²) in [7, 11) is 0. The average Bonchev–Trinajstić information content (AvgIpc) is 2.68. The third-order valence-corrected chi connectivity index (χ3v) is 1.74. The van der Waals surface area contributed by atoms with Crippen LogP contribution in [-0.2, 0) is 0 Å². The van der Waals surface area contributed by atoms with Crippen molar-refractivity contribution in [3.63, 3.8) is 0 Å². The molecule has 14 heavy (non-hydrogen) atoms. The van der Waals surface area contributed by atoms with Crippen molar-refractivity contribution in [2.75, 3.05) is 0 Å². The molecule has 72 valence electrons. The Labute approximate surface area is 81.2 Å². The summed E-state index contributed by atoms with van der Waals surface area (Å²) in [6, 6.07) is 0. The minimum Gasteiger partial charge on any atom is -0.420 e. The second-order valence-corrected chi connectivity index (χ2v) is 3.23. The molecule has 5 nitrogen and oxygen atoms in total. The molecule has 0 aliphatic heterocycles. The summed E-state index contributed by atoms with van der Waals surface area (Å²) in [5, 5.41) is 7.83. The summed E-state index contributed by atoms with van der Waals surface area (Å²) in [6.45, 7) is 4.00. The predicted octanol–water partition coefficient (Wildman–Crippen LogP) is 1.65. The van der Waals surface area contributed by atoms with Crippen LogP contribution in [0.15, 0.2) is 23.1 Å². The molecule has 0 amide bonds. The second kappa shape index (κ2) is 3.53. The zero-order valence-electron chi connectivity index (χ0n) is 8.01. The van der Waals surface area contributed by atoms with Crippen LogP contribution >= 0.6 is 0 Å². The zero-order valence-corrected chi connectivity index (χ0v) is 8.01. The van der Waals surface area contributed by atoms with Crippen molar-refractivity contribution >= 4 is 0 Å². The fraction of sp³-hybridized carbons (Fsp3) is 0.333. The van der Waals surface area contributed by atoms with Gasteiger partial charge in [0, 0.05) is 18.3 Å². The Morgan fingerprint density at radius 3 is 2.43 bits per heavy atom. The highest BCUT2D eigenvalue weighted by molar-refractivity contribution is 5.48. The third kappa shape index (κ3) is 1.61. The molecule has 0 unspecified atom stereocenters. The maximum atomic E-state index is 5.43. The van der Waals surface area contributed by atoms with Crippen LogP contribution in [0.1, 0.15) is 25.7 Å². The molecule has 2 aromatic heterocycles. The normalized spacial score (nSPS) is 10.8. The fourth-order valence-corrected chi connectivity index (χ4v) is 0.994. The molecule has 0 aromatic carbocycles. The first kappa shape index (κ1) is 8.80. The van der Waals surface area contributed by atoms with E-state index in [1.165, 1.54) is 6.33 Å². The molecule has 0 N–H and O–H groups in total. The number of nitrogens with zero attached hydrogens (tertiary/aromatic N) is 4. The van der Waals surface area contributed by atoms with Gasteiger partial charge in [-0.3, -0.25) is 0 Å². The number of hydrogen-bond donors (Lipinski definition) is 0. The maximum Gasteiger partial charge on any atom is 0.250 e. The van der Waals surface area contributed by atoms with Crippen molar-refractivity contribution in [2.24, 2.45) is 0 Å². The molecule has 2 rings (SSSR count). The average molecular weight is 190 g/mol. The quantitative estimate of drug-likeness (QED) is 0.720. The topological polar surface area (TPSA) is 64.7 Å². The van der Waals surface area contributed by atoms with Gasteiger partial charge < -0.3 is 4.42 Å². The first-order valence-electron chi connectivity index (χ1n) is 4.36. The molecule has 0 radical (unpaired) electrons. The molecule has 0 spiro atoms. The lowest BCUT2D eigenvalue weighted by Gasteiger charge is -1.94. The molecule has 0 saturated heterocycles. The molecular formula is C9H10N4O. The van der Waals surface area contributed by atoms with E-state index in [2.05, 4.69) is 20.2 Å². The second-order valence-electron chi connectivity index (χ2n) is 3.23. The van der Waals surface area contributed by atoms with Crippen LogP contribution in [-0.4, -0.2) is 20.2 Å². The van der Waals surface area contributed by atoms with Crippen molar-refractivity contribution in [3.8, 4) is 11.5 Å². The molecule has 0 bridgehead atoms. The van der Waals surface area contributed by atoms with Crippen LogP contribution in [0.4, 0.5) is 0 Å². The first-order valence-corrected chi connectivity index (χ1v) is 4.36.